The van der Waals surface area contributed by atoms with Gasteiger partial charge in [-0.1, -0.05) is 24.3 Å². The van der Waals surface area contributed by atoms with Gasteiger partial charge in [0.05, 0.1) is 14.2 Å². The summed E-state index contributed by atoms with van der Waals surface area (Å²) >= 11 is 0. The molecule has 3 aromatic rings. The molecule has 4 rings (SSSR count). The van der Waals surface area contributed by atoms with E-state index in [1.807, 2.05) is 41.3 Å². The number of carbonyl (C=O) groups excluding carboxylic acids is 1. The minimum absolute atomic E-state index is 0.0756. The van der Waals surface area contributed by atoms with Crippen molar-refractivity contribution in [3.05, 3.63) is 77.7 Å². The van der Waals surface area contributed by atoms with E-state index >= 15 is 0 Å². The minimum Gasteiger partial charge on any atom is -0.497 e. The standard InChI is InChI=1S/C26H30N2O5/c1-30-21-9-7-20(8-10-21)13-14-27-15-17-28(18-16-27)26(29)25-12-11-22(33-25)19-32-24-6-4-3-5-23(24)31-2/h3-12H,13-19H2,1-2H3. The predicted molar refractivity (Wildman–Crippen MR) is 125 cm³/mol. The number of piperazine rings is 1. The monoisotopic (exact) mass is 450 g/mol. The van der Waals surface area contributed by atoms with Crippen LogP contribution in [-0.2, 0) is 13.0 Å². The number of rotatable bonds is 9. The zero-order valence-corrected chi connectivity index (χ0v) is 19.2. The number of furan rings is 1. The van der Waals surface area contributed by atoms with E-state index < -0.39 is 0 Å². The maximum Gasteiger partial charge on any atom is 0.289 e. The highest BCUT2D eigenvalue weighted by Gasteiger charge is 2.24. The summed E-state index contributed by atoms with van der Waals surface area (Å²) in [5.74, 6) is 3.04. The van der Waals surface area contributed by atoms with Gasteiger partial charge in [-0.15, -0.1) is 0 Å². The van der Waals surface area contributed by atoms with Crippen molar-refractivity contribution >= 4 is 5.91 Å². The molecule has 1 aliphatic heterocycles. The first kappa shape index (κ1) is 22.7. The first-order chi connectivity index (χ1) is 16.2. The van der Waals surface area contributed by atoms with Crippen LogP contribution in [0.3, 0.4) is 0 Å². The minimum atomic E-state index is -0.0756. The molecule has 2 aromatic carbocycles. The third-order valence-corrected chi connectivity index (χ3v) is 5.85. The van der Waals surface area contributed by atoms with Gasteiger partial charge in [0, 0.05) is 32.7 Å². The summed E-state index contributed by atoms with van der Waals surface area (Å²) in [5.41, 5.74) is 1.28. The van der Waals surface area contributed by atoms with Crippen LogP contribution < -0.4 is 14.2 Å². The average molecular weight is 451 g/mol. The molecule has 1 aromatic heterocycles. The lowest BCUT2D eigenvalue weighted by Crippen LogP contribution is -2.49. The molecule has 0 radical (unpaired) electrons. The van der Waals surface area contributed by atoms with Gasteiger partial charge < -0.3 is 23.5 Å². The molecule has 33 heavy (non-hydrogen) atoms. The Bertz CT molecular complexity index is 1040. The van der Waals surface area contributed by atoms with Crippen LogP contribution in [0.15, 0.2) is 65.1 Å². The zero-order valence-electron chi connectivity index (χ0n) is 19.2. The quantitative estimate of drug-likeness (QED) is 0.493. The number of benzene rings is 2. The number of nitrogens with zero attached hydrogens (tertiary/aromatic N) is 2. The first-order valence-corrected chi connectivity index (χ1v) is 11.2. The Labute approximate surface area is 194 Å². The molecule has 1 saturated heterocycles. The first-order valence-electron chi connectivity index (χ1n) is 11.2. The van der Waals surface area contributed by atoms with E-state index in [4.69, 9.17) is 18.6 Å². The molecule has 0 atom stereocenters. The Morgan fingerprint density at radius 1 is 0.879 bits per heavy atom. The molecule has 0 N–H and O–H groups in total. The molecule has 174 valence electrons. The topological polar surface area (TPSA) is 64.4 Å². The van der Waals surface area contributed by atoms with Gasteiger partial charge in [0.15, 0.2) is 17.3 Å². The Balaban J connectivity index is 1.23. The molecule has 1 fully saturated rings. The lowest BCUT2D eigenvalue weighted by Gasteiger charge is -2.34. The lowest BCUT2D eigenvalue weighted by atomic mass is 10.1. The van der Waals surface area contributed by atoms with Crippen molar-refractivity contribution < 1.29 is 23.4 Å². The van der Waals surface area contributed by atoms with Crippen molar-refractivity contribution in [2.45, 2.75) is 13.0 Å². The van der Waals surface area contributed by atoms with E-state index in [-0.39, 0.29) is 12.5 Å². The number of ether oxygens (including phenoxy) is 3. The van der Waals surface area contributed by atoms with Crippen LogP contribution in [-0.4, -0.2) is 62.7 Å². The smallest absolute Gasteiger partial charge is 0.289 e. The number of methoxy groups -OCH3 is 2. The second kappa shape index (κ2) is 10.9. The van der Waals surface area contributed by atoms with E-state index in [9.17, 15) is 4.79 Å². The molecule has 0 bridgehead atoms. The van der Waals surface area contributed by atoms with Gasteiger partial charge in [-0.3, -0.25) is 9.69 Å². The number of hydrogen-bond donors (Lipinski definition) is 0. The van der Waals surface area contributed by atoms with Crippen molar-refractivity contribution in [1.82, 2.24) is 9.80 Å². The third kappa shape index (κ3) is 5.87. The predicted octanol–water partition coefficient (Wildman–Crippen LogP) is 3.88. The van der Waals surface area contributed by atoms with E-state index in [2.05, 4.69) is 17.0 Å². The van der Waals surface area contributed by atoms with E-state index in [0.29, 0.717) is 36.1 Å². The van der Waals surface area contributed by atoms with E-state index in [0.717, 1.165) is 31.8 Å². The molecule has 7 heteroatoms. The van der Waals surface area contributed by atoms with Crippen molar-refractivity contribution in [3.63, 3.8) is 0 Å². The van der Waals surface area contributed by atoms with Gasteiger partial charge in [0.1, 0.15) is 18.1 Å². The second-order valence-corrected chi connectivity index (χ2v) is 7.94. The van der Waals surface area contributed by atoms with Crippen molar-refractivity contribution in [3.8, 4) is 17.2 Å². The molecular formula is C26H30N2O5. The molecule has 1 amide bonds. The fraction of sp³-hybridized carbons (Fsp3) is 0.346. The maximum absolute atomic E-state index is 12.9. The van der Waals surface area contributed by atoms with Crippen LogP contribution in [0.25, 0.3) is 0 Å². The van der Waals surface area contributed by atoms with Crippen LogP contribution in [0, 0.1) is 0 Å². The van der Waals surface area contributed by atoms with Crippen LogP contribution >= 0.6 is 0 Å². The van der Waals surface area contributed by atoms with Crippen LogP contribution in [0.1, 0.15) is 21.9 Å². The van der Waals surface area contributed by atoms with E-state index in [1.165, 1.54) is 5.56 Å². The Morgan fingerprint density at radius 3 is 2.30 bits per heavy atom. The molecule has 0 spiro atoms. The molecule has 2 heterocycles. The Hall–Kier alpha value is -3.45. The van der Waals surface area contributed by atoms with Crippen molar-refractivity contribution in [1.29, 1.82) is 0 Å². The lowest BCUT2D eigenvalue weighted by molar-refractivity contribution is 0.0604. The van der Waals surface area contributed by atoms with Crippen LogP contribution in [0.2, 0.25) is 0 Å². The maximum atomic E-state index is 12.9. The summed E-state index contributed by atoms with van der Waals surface area (Å²) in [6.07, 6.45) is 0.978. The van der Waals surface area contributed by atoms with Gasteiger partial charge in [0.25, 0.3) is 5.91 Å². The molecule has 0 unspecified atom stereocenters. The fourth-order valence-corrected chi connectivity index (χ4v) is 3.87. The molecule has 1 aliphatic rings. The summed E-state index contributed by atoms with van der Waals surface area (Å²) in [6.45, 7) is 4.29. The highest BCUT2D eigenvalue weighted by Crippen LogP contribution is 2.27. The van der Waals surface area contributed by atoms with Crippen LogP contribution in [0.4, 0.5) is 0 Å². The SMILES string of the molecule is COc1ccc(CCN2CCN(C(=O)c3ccc(COc4ccccc4OC)o3)CC2)cc1. The Morgan fingerprint density at radius 2 is 1.61 bits per heavy atom. The number of para-hydroxylation sites is 2. The van der Waals surface area contributed by atoms with Gasteiger partial charge in [-0.2, -0.15) is 0 Å². The third-order valence-electron chi connectivity index (χ3n) is 5.85. The zero-order chi connectivity index (χ0) is 23.0. The second-order valence-electron chi connectivity index (χ2n) is 7.94. The molecule has 0 saturated carbocycles. The van der Waals surface area contributed by atoms with Crippen molar-refractivity contribution in [2.24, 2.45) is 0 Å². The number of amides is 1. The van der Waals surface area contributed by atoms with Gasteiger partial charge in [0.2, 0.25) is 0 Å². The fourth-order valence-electron chi connectivity index (χ4n) is 3.87. The van der Waals surface area contributed by atoms with E-state index in [1.54, 1.807) is 26.4 Å². The number of carbonyl (C=O) groups is 1. The summed E-state index contributed by atoms with van der Waals surface area (Å²) in [4.78, 5) is 17.1. The number of hydrogen-bond acceptors (Lipinski definition) is 6. The summed E-state index contributed by atoms with van der Waals surface area (Å²) < 4.78 is 22.1. The molecule has 7 nitrogen and oxygen atoms in total. The average Bonchev–Trinajstić information content (AvgIpc) is 3.35. The van der Waals surface area contributed by atoms with Crippen LogP contribution in [0.5, 0.6) is 17.2 Å². The normalized spacial score (nSPS) is 14.2. The highest BCUT2D eigenvalue weighted by molar-refractivity contribution is 5.91. The van der Waals surface area contributed by atoms with Gasteiger partial charge in [-0.05, 0) is 48.4 Å². The highest BCUT2D eigenvalue weighted by atomic mass is 16.5. The summed E-state index contributed by atoms with van der Waals surface area (Å²) in [5, 5.41) is 0. The molecule has 0 aliphatic carbocycles. The summed E-state index contributed by atoms with van der Waals surface area (Å²) in [6, 6.07) is 19.1. The van der Waals surface area contributed by atoms with Gasteiger partial charge >= 0.3 is 0 Å². The molecular weight excluding hydrogens is 420 g/mol. The summed E-state index contributed by atoms with van der Waals surface area (Å²) in [7, 11) is 3.28. The largest absolute Gasteiger partial charge is 0.497 e. The van der Waals surface area contributed by atoms with Crippen molar-refractivity contribution in [2.75, 3.05) is 46.9 Å². The Kier molecular flexibility index (Phi) is 7.52. The van der Waals surface area contributed by atoms with Gasteiger partial charge in [-0.25, -0.2) is 0 Å².